The summed E-state index contributed by atoms with van der Waals surface area (Å²) in [7, 11) is 1.78. The van der Waals surface area contributed by atoms with Gasteiger partial charge in [0.2, 0.25) is 0 Å². The summed E-state index contributed by atoms with van der Waals surface area (Å²) in [6, 6.07) is 11.5. The predicted octanol–water partition coefficient (Wildman–Crippen LogP) is 3.78. The van der Waals surface area contributed by atoms with E-state index in [1.807, 2.05) is 37.3 Å². The minimum Gasteiger partial charge on any atom is -0.334 e. The highest BCUT2D eigenvalue weighted by atomic mass is 32.1. The summed E-state index contributed by atoms with van der Waals surface area (Å²) in [5.41, 5.74) is 1.69. The van der Waals surface area contributed by atoms with E-state index in [0.29, 0.717) is 10.4 Å². The molecular weight excluding hydrogens is 270 g/mol. The normalized spacial score (nSPS) is 11.9. The molecule has 1 amide bonds. The topological polar surface area (TPSA) is 37.4 Å². The van der Waals surface area contributed by atoms with Crippen molar-refractivity contribution in [3.63, 3.8) is 0 Å². The number of hydrogen-bond donors (Lipinski definition) is 0. The lowest BCUT2D eigenvalue weighted by Gasteiger charge is -2.24. The lowest BCUT2D eigenvalue weighted by atomic mass is 10.1. The Labute approximate surface area is 122 Å². The van der Waals surface area contributed by atoms with Crippen molar-refractivity contribution in [2.45, 2.75) is 19.9 Å². The molecule has 0 fully saturated rings. The van der Waals surface area contributed by atoms with Crippen molar-refractivity contribution in [3.05, 3.63) is 57.8 Å². The van der Waals surface area contributed by atoms with Gasteiger partial charge in [-0.1, -0.05) is 30.3 Å². The summed E-state index contributed by atoms with van der Waals surface area (Å²) < 4.78 is 0. The Kier molecular flexibility index (Phi) is 4.35. The third-order valence-electron chi connectivity index (χ3n) is 3.40. The SMILES string of the molecule is CC(=O)c1csc(C(=O)N(C)C(C)c2ccccc2)c1. The maximum Gasteiger partial charge on any atom is 0.264 e. The molecule has 2 aromatic rings. The molecule has 0 N–H and O–H groups in total. The number of amides is 1. The van der Waals surface area contributed by atoms with E-state index in [-0.39, 0.29) is 17.7 Å². The number of Topliss-reactive ketones (excluding diaryl/α,β-unsaturated/α-hetero) is 1. The third kappa shape index (κ3) is 2.96. The zero-order valence-electron chi connectivity index (χ0n) is 11.8. The van der Waals surface area contributed by atoms with Gasteiger partial charge >= 0.3 is 0 Å². The van der Waals surface area contributed by atoms with E-state index in [4.69, 9.17) is 0 Å². The molecule has 0 bridgehead atoms. The summed E-state index contributed by atoms with van der Waals surface area (Å²) in [6.45, 7) is 3.50. The predicted molar refractivity (Wildman–Crippen MR) is 81.3 cm³/mol. The van der Waals surface area contributed by atoms with Crippen LogP contribution >= 0.6 is 11.3 Å². The van der Waals surface area contributed by atoms with Crippen molar-refractivity contribution in [2.75, 3.05) is 7.05 Å². The Morgan fingerprint density at radius 2 is 1.85 bits per heavy atom. The van der Waals surface area contributed by atoms with Gasteiger partial charge in [0.05, 0.1) is 10.9 Å². The zero-order chi connectivity index (χ0) is 14.7. The number of benzene rings is 1. The number of nitrogens with zero attached hydrogens (tertiary/aromatic N) is 1. The fourth-order valence-corrected chi connectivity index (χ4v) is 2.87. The number of hydrogen-bond acceptors (Lipinski definition) is 3. The molecule has 4 heteroatoms. The van der Waals surface area contributed by atoms with Gasteiger partial charge in [0.25, 0.3) is 5.91 Å². The van der Waals surface area contributed by atoms with Crippen molar-refractivity contribution in [2.24, 2.45) is 0 Å². The first kappa shape index (κ1) is 14.5. The molecule has 0 aliphatic rings. The molecule has 1 atom stereocenters. The van der Waals surface area contributed by atoms with Crippen LogP contribution in [-0.4, -0.2) is 23.6 Å². The minimum atomic E-state index is -0.0566. The Balaban J connectivity index is 2.17. The molecule has 0 spiro atoms. The van der Waals surface area contributed by atoms with Crippen molar-refractivity contribution in [3.8, 4) is 0 Å². The minimum absolute atomic E-state index is 0.00780. The highest BCUT2D eigenvalue weighted by molar-refractivity contribution is 7.12. The van der Waals surface area contributed by atoms with Gasteiger partial charge < -0.3 is 4.90 Å². The second-order valence-electron chi connectivity index (χ2n) is 4.76. The van der Waals surface area contributed by atoms with Crippen LogP contribution in [0.4, 0.5) is 0 Å². The first-order valence-electron chi connectivity index (χ1n) is 6.42. The maximum atomic E-state index is 12.4. The van der Waals surface area contributed by atoms with Crippen LogP contribution in [0, 0.1) is 0 Å². The molecule has 2 rings (SSSR count). The van der Waals surface area contributed by atoms with Crippen LogP contribution in [0.2, 0.25) is 0 Å². The van der Waals surface area contributed by atoms with Gasteiger partial charge in [0.1, 0.15) is 0 Å². The molecule has 0 aliphatic carbocycles. The van der Waals surface area contributed by atoms with E-state index in [2.05, 4.69) is 0 Å². The number of ketones is 1. The van der Waals surface area contributed by atoms with Crippen molar-refractivity contribution >= 4 is 23.0 Å². The molecule has 1 aromatic heterocycles. The fraction of sp³-hybridized carbons (Fsp3) is 0.250. The largest absolute Gasteiger partial charge is 0.334 e. The van der Waals surface area contributed by atoms with Crippen LogP contribution in [-0.2, 0) is 0 Å². The maximum absolute atomic E-state index is 12.4. The van der Waals surface area contributed by atoms with Crippen LogP contribution in [0.15, 0.2) is 41.8 Å². The van der Waals surface area contributed by atoms with Gasteiger partial charge in [-0.3, -0.25) is 9.59 Å². The summed E-state index contributed by atoms with van der Waals surface area (Å²) >= 11 is 1.31. The van der Waals surface area contributed by atoms with Gasteiger partial charge in [0, 0.05) is 18.0 Å². The zero-order valence-corrected chi connectivity index (χ0v) is 12.6. The van der Waals surface area contributed by atoms with E-state index in [9.17, 15) is 9.59 Å². The Hall–Kier alpha value is -1.94. The summed E-state index contributed by atoms with van der Waals surface area (Å²) in [5, 5.41) is 1.73. The van der Waals surface area contributed by atoms with Crippen LogP contribution < -0.4 is 0 Å². The lowest BCUT2D eigenvalue weighted by Crippen LogP contribution is -2.29. The third-order valence-corrected chi connectivity index (χ3v) is 4.32. The molecule has 1 unspecified atom stereocenters. The van der Waals surface area contributed by atoms with E-state index in [1.165, 1.54) is 18.3 Å². The average Bonchev–Trinajstić information content (AvgIpc) is 2.96. The van der Waals surface area contributed by atoms with Crippen LogP contribution in [0.25, 0.3) is 0 Å². The number of carbonyl (C=O) groups excluding carboxylic acids is 2. The van der Waals surface area contributed by atoms with Crippen LogP contribution in [0.3, 0.4) is 0 Å². The van der Waals surface area contributed by atoms with Crippen LogP contribution in [0.5, 0.6) is 0 Å². The molecule has 0 radical (unpaired) electrons. The van der Waals surface area contributed by atoms with Gasteiger partial charge in [0.15, 0.2) is 5.78 Å². The summed E-state index contributed by atoms with van der Waals surface area (Å²) in [6.07, 6.45) is 0. The molecule has 0 aliphatic heterocycles. The van der Waals surface area contributed by atoms with Gasteiger partial charge in [-0.05, 0) is 25.5 Å². The smallest absolute Gasteiger partial charge is 0.264 e. The van der Waals surface area contributed by atoms with Crippen LogP contribution in [0.1, 0.15) is 45.5 Å². The Morgan fingerprint density at radius 3 is 2.40 bits per heavy atom. The Morgan fingerprint density at radius 1 is 1.20 bits per heavy atom. The van der Waals surface area contributed by atoms with Gasteiger partial charge in [-0.25, -0.2) is 0 Å². The average molecular weight is 287 g/mol. The second kappa shape index (κ2) is 6.01. The van der Waals surface area contributed by atoms with E-state index < -0.39 is 0 Å². The molecule has 20 heavy (non-hydrogen) atoms. The molecule has 0 saturated carbocycles. The lowest BCUT2D eigenvalue weighted by molar-refractivity contribution is 0.0747. The van der Waals surface area contributed by atoms with E-state index in [1.54, 1.807) is 23.4 Å². The van der Waals surface area contributed by atoms with Crippen molar-refractivity contribution in [1.29, 1.82) is 0 Å². The van der Waals surface area contributed by atoms with Gasteiger partial charge in [-0.2, -0.15) is 0 Å². The number of carbonyl (C=O) groups is 2. The van der Waals surface area contributed by atoms with E-state index in [0.717, 1.165) is 5.56 Å². The van der Waals surface area contributed by atoms with Gasteiger partial charge in [-0.15, -0.1) is 11.3 Å². The summed E-state index contributed by atoms with van der Waals surface area (Å²) in [5.74, 6) is -0.0714. The standard InChI is InChI=1S/C16H17NO2S/c1-11(13-7-5-4-6-8-13)17(3)16(19)15-9-14(10-20-15)12(2)18/h4-11H,1-3H3. The molecule has 3 nitrogen and oxygen atoms in total. The first-order valence-corrected chi connectivity index (χ1v) is 7.30. The van der Waals surface area contributed by atoms with E-state index >= 15 is 0 Å². The quantitative estimate of drug-likeness (QED) is 0.802. The molecule has 104 valence electrons. The molecule has 0 saturated heterocycles. The first-order chi connectivity index (χ1) is 9.50. The van der Waals surface area contributed by atoms with Crippen molar-refractivity contribution in [1.82, 2.24) is 4.90 Å². The molecule has 1 aromatic carbocycles. The number of thiophene rings is 1. The monoisotopic (exact) mass is 287 g/mol. The molecule has 1 heterocycles. The highest BCUT2D eigenvalue weighted by Crippen LogP contribution is 2.23. The van der Waals surface area contributed by atoms with Crippen molar-refractivity contribution < 1.29 is 9.59 Å². The molecular formula is C16H17NO2S. The number of rotatable bonds is 4. The second-order valence-corrected chi connectivity index (χ2v) is 5.67. The fourth-order valence-electron chi connectivity index (χ4n) is 1.94. The summed E-state index contributed by atoms with van der Waals surface area (Å²) in [4.78, 5) is 26.0. The Bertz CT molecular complexity index is 618. The highest BCUT2D eigenvalue weighted by Gasteiger charge is 2.20.